The molecular weight excluding hydrogens is 324 g/mol. The minimum atomic E-state index is -0.233. The highest BCUT2D eigenvalue weighted by Crippen LogP contribution is 2.24. The number of thiophene rings is 1. The predicted molar refractivity (Wildman–Crippen MR) is 74.0 cm³/mol. The van der Waals surface area contributed by atoms with E-state index in [0.29, 0.717) is 15.7 Å². The van der Waals surface area contributed by atoms with Crippen LogP contribution in [-0.4, -0.2) is 10.9 Å². The van der Waals surface area contributed by atoms with Crippen LogP contribution in [0.2, 0.25) is 5.02 Å². The summed E-state index contributed by atoms with van der Waals surface area (Å²) in [6.07, 6.45) is 1.64. The first-order valence-corrected chi connectivity index (χ1v) is 6.79. The normalized spacial score (nSPS) is 10.3. The lowest BCUT2D eigenvalue weighted by Crippen LogP contribution is -2.12. The number of hydrogen-bond acceptors (Lipinski definition) is 3. The van der Waals surface area contributed by atoms with E-state index in [0.717, 1.165) is 10.0 Å². The lowest BCUT2D eigenvalue weighted by Gasteiger charge is -2.06. The smallest absolute Gasteiger partial charge is 0.268 e. The molecule has 0 bridgehead atoms. The van der Waals surface area contributed by atoms with Crippen LogP contribution in [0.5, 0.6) is 0 Å². The van der Waals surface area contributed by atoms with Crippen molar-refractivity contribution in [3.8, 4) is 0 Å². The van der Waals surface area contributed by atoms with Crippen molar-refractivity contribution < 1.29 is 4.79 Å². The quantitative estimate of drug-likeness (QED) is 0.899. The van der Waals surface area contributed by atoms with Gasteiger partial charge in [0.2, 0.25) is 0 Å². The first-order valence-electron chi connectivity index (χ1n) is 4.74. The van der Waals surface area contributed by atoms with Gasteiger partial charge in [-0.1, -0.05) is 11.6 Å². The molecule has 17 heavy (non-hydrogen) atoms. The predicted octanol–water partition coefficient (Wildman–Crippen LogP) is 4.12. The number of halogens is 2. The van der Waals surface area contributed by atoms with Gasteiger partial charge in [-0.2, -0.15) is 0 Å². The maximum atomic E-state index is 11.9. The van der Waals surface area contributed by atoms with Crippen LogP contribution in [-0.2, 0) is 0 Å². The van der Waals surface area contributed by atoms with Crippen molar-refractivity contribution in [2.24, 2.45) is 0 Å². The standard InChI is InChI=1S/C11H8BrClN2OS/c1-6-4-7(12)5-14-10(6)15-11(16)9-8(13)2-3-17-9/h2-5H,1H3,(H,14,15,16). The van der Waals surface area contributed by atoms with E-state index in [1.54, 1.807) is 17.6 Å². The molecule has 1 N–H and O–H groups in total. The summed E-state index contributed by atoms with van der Waals surface area (Å²) in [6, 6.07) is 3.58. The number of anilines is 1. The van der Waals surface area contributed by atoms with Crippen LogP contribution in [0.1, 0.15) is 15.2 Å². The minimum Gasteiger partial charge on any atom is -0.306 e. The summed E-state index contributed by atoms with van der Waals surface area (Å²) < 4.78 is 0.877. The molecule has 2 aromatic heterocycles. The van der Waals surface area contributed by atoms with Gasteiger partial charge in [0.1, 0.15) is 10.7 Å². The molecule has 2 aromatic rings. The number of aryl methyl sites for hydroxylation is 1. The van der Waals surface area contributed by atoms with Gasteiger partial charge in [-0.15, -0.1) is 11.3 Å². The second-order valence-corrected chi connectivity index (χ2v) is 5.61. The molecule has 2 heterocycles. The Morgan fingerprint density at radius 3 is 2.94 bits per heavy atom. The van der Waals surface area contributed by atoms with Crippen molar-refractivity contribution >= 4 is 50.6 Å². The van der Waals surface area contributed by atoms with Crippen molar-refractivity contribution in [2.45, 2.75) is 6.92 Å². The Morgan fingerprint density at radius 1 is 1.59 bits per heavy atom. The summed E-state index contributed by atoms with van der Waals surface area (Å²) in [4.78, 5) is 16.5. The molecule has 3 nitrogen and oxygen atoms in total. The van der Waals surface area contributed by atoms with Gasteiger partial charge in [-0.25, -0.2) is 4.98 Å². The summed E-state index contributed by atoms with van der Waals surface area (Å²) >= 11 is 10.5. The van der Waals surface area contributed by atoms with Crippen LogP contribution >= 0.6 is 38.9 Å². The molecule has 0 saturated carbocycles. The van der Waals surface area contributed by atoms with Gasteiger partial charge >= 0.3 is 0 Å². The molecule has 0 aliphatic heterocycles. The molecule has 0 aliphatic rings. The lowest BCUT2D eigenvalue weighted by atomic mass is 10.3. The Bertz CT molecular complexity index is 570. The number of nitrogens with one attached hydrogen (secondary N) is 1. The molecular formula is C11H8BrClN2OS. The average molecular weight is 332 g/mol. The minimum absolute atomic E-state index is 0.233. The second-order valence-electron chi connectivity index (χ2n) is 3.37. The summed E-state index contributed by atoms with van der Waals surface area (Å²) in [5, 5.41) is 4.97. The van der Waals surface area contributed by atoms with Crippen molar-refractivity contribution in [1.29, 1.82) is 0 Å². The third-order valence-electron chi connectivity index (χ3n) is 2.10. The van der Waals surface area contributed by atoms with Crippen LogP contribution in [0, 0.1) is 6.92 Å². The highest BCUT2D eigenvalue weighted by Gasteiger charge is 2.13. The van der Waals surface area contributed by atoms with Crippen molar-refractivity contribution in [3.05, 3.63) is 43.6 Å². The monoisotopic (exact) mass is 330 g/mol. The Kier molecular flexibility index (Phi) is 3.81. The zero-order chi connectivity index (χ0) is 12.4. The van der Waals surface area contributed by atoms with Crippen LogP contribution in [0.3, 0.4) is 0 Å². The Hall–Kier alpha value is -0.910. The first-order chi connectivity index (χ1) is 8.08. The second kappa shape index (κ2) is 5.16. The van der Waals surface area contributed by atoms with E-state index in [1.807, 2.05) is 13.0 Å². The molecule has 0 radical (unpaired) electrons. The average Bonchev–Trinajstić information content (AvgIpc) is 2.68. The highest BCUT2D eigenvalue weighted by atomic mass is 79.9. The van der Waals surface area contributed by atoms with Gasteiger partial charge in [0, 0.05) is 10.7 Å². The van der Waals surface area contributed by atoms with E-state index in [-0.39, 0.29) is 5.91 Å². The molecule has 0 atom stereocenters. The fourth-order valence-corrected chi connectivity index (χ4v) is 2.77. The zero-order valence-corrected chi connectivity index (χ0v) is 12.0. The zero-order valence-electron chi connectivity index (χ0n) is 8.83. The SMILES string of the molecule is Cc1cc(Br)cnc1NC(=O)c1sccc1Cl. The summed E-state index contributed by atoms with van der Waals surface area (Å²) in [7, 11) is 0. The largest absolute Gasteiger partial charge is 0.306 e. The molecule has 0 spiro atoms. The third kappa shape index (κ3) is 2.86. The van der Waals surface area contributed by atoms with Crippen LogP contribution < -0.4 is 5.32 Å². The molecule has 0 aliphatic carbocycles. The van der Waals surface area contributed by atoms with E-state index in [9.17, 15) is 4.79 Å². The van der Waals surface area contributed by atoms with Crippen LogP contribution in [0.15, 0.2) is 28.2 Å². The lowest BCUT2D eigenvalue weighted by molar-refractivity contribution is 0.103. The van der Waals surface area contributed by atoms with Gasteiger partial charge < -0.3 is 5.32 Å². The van der Waals surface area contributed by atoms with Gasteiger partial charge in [-0.3, -0.25) is 4.79 Å². The number of amides is 1. The maximum absolute atomic E-state index is 11.9. The van der Waals surface area contributed by atoms with Gasteiger partial charge in [0.15, 0.2) is 0 Å². The topological polar surface area (TPSA) is 42.0 Å². The van der Waals surface area contributed by atoms with Crippen LogP contribution in [0.25, 0.3) is 0 Å². The molecule has 1 amide bonds. The molecule has 0 aromatic carbocycles. The summed E-state index contributed by atoms with van der Waals surface area (Å²) in [5.74, 6) is 0.311. The van der Waals surface area contributed by atoms with Gasteiger partial charge in [-0.05, 0) is 45.9 Å². The fraction of sp³-hybridized carbons (Fsp3) is 0.0909. The van der Waals surface area contributed by atoms with Crippen molar-refractivity contribution in [3.63, 3.8) is 0 Å². The number of pyridine rings is 1. The Balaban J connectivity index is 2.22. The highest BCUT2D eigenvalue weighted by molar-refractivity contribution is 9.10. The number of rotatable bonds is 2. The van der Waals surface area contributed by atoms with E-state index < -0.39 is 0 Å². The number of carbonyl (C=O) groups excluding carboxylic acids is 1. The van der Waals surface area contributed by atoms with Crippen molar-refractivity contribution in [1.82, 2.24) is 4.98 Å². The molecule has 0 unspecified atom stereocenters. The van der Waals surface area contributed by atoms with E-state index in [1.165, 1.54) is 11.3 Å². The van der Waals surface area contributed by atoms with Crippen LogP contribution in [0.4, 0.5) is 5.82 Å². The fourth-order valence-electron chi connectivity index (χ4n) is 1.29. The number of hydrogen-bond donors (Lipinski definition) is 1. The van der Waals surface area contributed by atoms with Crippen molar-refractivity contribution in [2.75, 3.05) is 5.32 Å². The van der Waals surface area contributed by atoms with Gasteiger partial charge in [0.25, 0.3) is 5.91 Å². The number of carbonyl (C=O) groups is 1. The number of aromatic nitrogens is 1. The third-order valence-corrected chi connectivity index (χ3v) is 3.87. The Morgan fingerprint density at radius 2 is 2.35 bits per heavy atom. The molecule has 2 rings (SSSR count). The molecule has 0 saturated heterocycles. The Labute approximate surface area is 116 Å². The van der Waals surface area contributed by atoms with E-state index in [4.69, 9.17) is 11.6 Å². The molecule has 6 heteroatoms. The molecule has 88 valence electrons. The van der Waals surface area contributed by atoms with E-state index in [2.05, 4.69) is 26.2 Å². The number of nitrogens with zero attached hydrogens (tertiary/aromatic N) is 1. The van der Waals surface area contributed by atoms with E-state index >= 15 is 0 Å². The maximum Gasteiger partial charge on any atom is 0.268 e. The summed E-state index contributed by atoms with van der Waals surface area (Å²) in [5.41, 5.74) is 0.889. The van der Waals surface area contributed by atoms with Gasteiger partial charge in [0.05, 0.1) is 5.02 Å². The molecule has 0 fully saturated rings. The summed E-state index contributed by atoms with van der Waals surface area (Å²) in [6.45, 7) is 1.88. The first kappa shape index (κ1) is 12.5.